The van der Waals surface area contributed by atoms with Crippen LogP contribution in [0.5, 0.6) is 0 Å². The van der Waals surface area contributed by atoms with E-state index in [4.69, 9.17) is 0 Å². The number of alkyl halides is 3. The van der Waals surface area contributed by atoms with Crippen LogP contribution >= 0.6 is 0 Å². The van der Waals surface area contributed by atoms with E-state index in [0.717, 1.165) is 17.7 Å². The van der Waals surface area contributed by atoms with Crippen LogP contribution in [0, 0.1) is 5.41 Å². The molecule has 1 N–H and O–H groups in total. The van der Waals surface area contributed by atoms with Crippen molar-refractivity contribution in [2.75, 3.05) is 11.4 Å². The molecule has 4 rings (SSSR count). The molecule has 140 valence electrons. The molecule has 2 aromatic carbocycles. The molecule has 1 saturated heterocycles. The molecule has 1 aliphatic heterocycles. The van der Waals surface area contributed by atoms with Gasteiger partial charge < -0.3 is 10.0 Å². The number of anilines is 1. The van der Waals surface area contributed by atoms with E-state index >= 15 is 0 Å². The zero-order chi connectivity index (χ0) is 19.4. The number of hydrogen-bond donors (Lipinski definition) is 1. The highest BCUT2D eigenvalue weighted by atomic mass is 19.4. The van der Waals surface area contributed by atoms with Crippen molar-refractivity contribution in [3.8, 4) is 0 Å². The van der Waals surface area contributed by atoms with E-state index in [-0.39, 0.29) is 11.5 Å². The first-order chi connectivity index (χ1) is 12.7. The van der Waals surface area contributed by atoms with Crippen LogP contribution in [-0.4, -0.2) is 23.5 Å². The first-order valence-electron chi connectivity index (χ1n) is 8.55. The Morgan fingerprint density at radius 1 is 1.07 bits per heavy atom. The van der Waals surface area contributed by atoms with Crippen LogP contribution < -0.4 is 4.90 Å². The standard InChI is InChI=1S/C20H16F3NO3/c21-20(22,23)13-4-6-14(7-5-13)24-9-8-19(18(24)27)10-12-2-1-3-15(17(25)26)16(12)11-19/h1-7H,8-11H2,(H,25,26). The average Bonchev–Trinajstić information content (AvgIpc) is 3.14. The molecule has 7 heteroatoms. The molecule has 0 bridgehead atoms. The van der Waals surface area contributed by atoms with Crippen LogP contribution in [0.1, 0.15) is 33.5 Å². The van der Waals surface area contributed by atoms with Crippen LogP contribution in [0.2, 0.25) is 0 Å². The number of nitrogens with zero attached hydrogens (tertiary/aromatic N) is 1. The van der Waals surface area contributed by atoms with Gasteiger partial charge in [0.05, 0.1) is 16.5 Å². The monoisotopic (exact) mass is 375 g/mol. The van der Waals surface area contributed by atoms with Gasteiger partial charge in [-0.3, -0.25) is 4.79 Å². The lowest BCUT2D eigenvalue weighted by Gasteiger charge is -2.23. The molecule has 1 heterocycles. The molecule has 1 atom stereocenters. The summed E-state index contributed by atoms with van der Waals surface area (Å²) >= 11 is 0. The molecule has 1 unspecified atom stereocenters. The summed E-state index contributed by atoms with van der Waals surface area (Å²) < 4.78 is 38.2. The number of amides is 1. The summed E-state index contributed by atoms with van der Waals surface area (Å²) in [5.74, 6) is -1.18. The lowest BCUT2D eigenvalue weighted by molar-refractivity contribution is -0.137. The normalized spacial score (nSPS) is 21.7. The van der Waals surface area contributed by atoms with E-state index in [2.05, 4.69) is 0 Å². The number of carbonyl (C=O) groups excluding carboxylic acids is 1. The van der Waals surface area contributed by atoms with Crippen molar-refractivity contribution in [2.24, 2.45) is 5.41 Å². The fraction of sp³-hybridized carbons (Fsp3) is 0.300. The maximum Gasteiger partial charge on any atom is 0.416 e. The molecule has 0 radical (unpaired) electrons. The molecule has 0 aromatic heterocycles. The fourth-order valence-electron chi connectivity index (χ4n) is 4.20. The minimum atomic E-state index is -4.42. The molecule has 1 aliphatic carbocycles. The summed E-state index contributed by atoms with van der Waals surface area (Å²) in [4.78, 5) is 26.1. The van der Waals surface area contributed by atoms with Gasteiger partial charge in [0, 0.05) is 12.2 Å². The van der Waals surface area contributed by atoms with Gasteiger partial charge in [-0.05, 0) is 60.7 Å². The zero-order valence-electron chi connectivity index (χ0n) is 14.2. The summed E-state index contributed by atoms with van der Waals surface area (Å²) in [6.45, 7) is 0.403. The Morgan fingerprint density at radius 2 is 1.78 bits per heavy atom. The molecule has 1 spiro atoms. The number of halogens is 3. The summed E-state index contributed by atoms with van der Waals surface area (Å²) in [5, 5.41) is 9.38. The average molecular weight is 375 g/mol. The lowest BCUT2D eigenvalue weighted by Crippen LogP contribution is -2.35. The van der Waals surface area contributed by atoms with E-state index in [1.807, 2.05) is 6.07 Å². The maximum absolute atomic E-state index is 13.1. The van der Waals surface area contributed by atoms with E-state index in [9.17, 15) is 27.9 Å². The van der Waals surface area contributed by atoms with Crippen molar-refractivity contribution in [3.05, 3.63) is 64.7 Å². The van der Waals surface area contributed by atoms with Crippen molar-refractivity contribution in [3.63, 3.8) is 0 Å². The second kappa shape index (κ2) is 5.84. The molecule has 0 saturated carbocycles. The number of carbonyl (C=O) groups is 2. The number of carboxylic acids is 1. The highest BCUT2D eigenvalue weighted by molar-refractivity contribution is 6.01. The van der Waals surface area contributed by atoms with Gasteiger partial charge in [0.1, 0.15) is 0 Å². The Morgan fingerprint density at radius 3 is 2.41 bits per heavy atom. The highest BCUT2D eigenvalue weighted by Crippen LogP contribution is 2.47. The maximum atomic E-state index is 13.1. The van der Waals surface area contributed by atoms with Crippen LogP contribution in [0.15, 0.2) is 42.5 Å². The first kappa shape index (κ1) is 17.6. The van der Waals surface area contributed by atoms with Crippen molar-refractivity contribution in [2.45, 2.75) is 25.4 Å². The smallest absolute Gasteiger partial charge is 0.416 e. The van der Waals surface area contributed by atoms with E-state index in [0.29, 0.717) is 37.1 Å². The van der Waals surface area contributed by atoms with E-state index in [1.54, 1.807) is 6.07 Å². The number of carboxylic acid groups (broad SMARTS) is 1. The van der Waals surface area contributed by atoms with Crippen molar-refractivity contribution in [1.29, 1.82) is 0 Å². The Bertz CT molecular complexity index is 936. The Balaban J connectivity index is 1.61. The van der Waals surface area contributed by atoms with Crippen molar-refractivity contribution in [1.82, 2.24) is 0 Å². The number of fused-ring (bicyclic) bond motifs is 1. The predicted molar refractivity (Wildman–Crippen MR) is 91.7 cm³/mol. The van der Waals surface area contributed by atoms with Gasteiger partial charge in [0.2, 0.25) is 5.91 Å². The van der Waals surface area contributed by atoms with Crippen LogP contribution in [-0.2, 0) is 23.8 Å². The molecule has 27 heavy (non-hydrogen) atoms. The van der Waals surface area contributed by atoms with Gasteiger partial charge in [-0.1, -0.05) is 12.1 Å². The van der Waals surface area contributed by atoms with Crippen LogP contribution in [0.4, 0.5) is 18.9 Å². The number of hydrogen-bond acceptors (Lipinski definition) is 2. The minimum Gasteiger partial charge on any atom is -0.478 e. The van der Waals surface area contributed by atoms with Gasteiger partial charge in [0.15, 0.2) is 0 Å². The Kier molecular flexibility index (Phi) is 3.80. The summed E-state index contributed by atoms with van der Waals surface area (Å²) in [6, 6.07) is 9.61. The molecule has 1 amide bonds. The summed E-state index contributed by atoms with van der Waals surface area (Å²) in [5.41, 5.74) is 0.720. The lowest BCUT2D eigenvalue weighted by atomic mass is 9.83. The third-order valence-corrected chi connectivity index (χ3v) is 5.57. The number of aromatic carboxylic acids is 1. The second-order valence-electron chi connectivity index (χ2n) is 7.13. The van der Waals surface area contributed by atoms with Gasteiger partial charge in [-0.2, -0.15) is 13.2 Å². The molecule has 2 aliphatic rings. The topological polar surface area (TPSA) is 57.6 Å². The van der Waals surface area contributed by atoms with Crippen LogP contribution in [0.3, 0.4) is 0 Å². The second-order valence-corrected chi connectivity index (χ2v) is 7.13. The zero-order valence-corrected chi connectivity index (χ0v) is 14.2. The Hall–Kier alpha value is -2.83. The molecular formula is C20H16F3NO3. The predicted octanol–water partition coefficient (Wildman–Crippen LogP) is 3.93. The third kappa shape index (κ3) is 2.78. The van der Waals surface area contributed by atoms with Crippen molar-refractivity contribution < 1.29 is 27.9 Å². The summed E-state index contributed by atoms with van der Waals surface area (Å²) in [6.07, 6.45) is -3.07. The molecule has 2 aromatic rings. The first-order valence-corrected chi connectivity index (χ1v) is 8.55. The largest absolute Gasteiger partial charge is 0.478 e. The van der Waals surface area contributed by atoms with Gasteiger partial charge >= 0.3 is 12.1 Å². The quantitative estimate of drug-likeness (QED) is 0.866. The fourth-order valence-corrected chi connectivity index (χ4v) is 4.20. The van der Waals surface area contributed by atoms with E-state index < -0.39 is 23.1 Å². The Labute approximate surface area is 153 Å². The van der Waals surface area contributed by atoms with Gasteiger partial charge in [-0.25, -0.2) is 4.79 Å². The molecule has 4 nitrogen and oxygen atoms in total. The van der Waals surface area contributed by atoms with Gasteiger partial charge in [0.25, 0.3) is 0 Å². The SMILES string of the molecule is O=C(O)c1cccc2c1CC1(CCN(c3ccc(C(F)(F)F)cc3)C1=O)C2. The number of benzene rings is 2. The summed E-state index contributed by atoms with van der Waals surface area (Å²) in [7, 11) is 0. The molecule has 1 fully saturated rings. The van der Waals surface area contributed by atoms with E-state index in [1.165, 1.54) is 23.1 Å². The number of rotatable bonds is 2. The molecular weight excluding hydrogens is 359 g/mol. The third-order valence-electron chi connectivity index (χ3n) is 5.57. The van der Waals surface area contributed by atoms with Crippen molar-refractivity contribution >= 4 is 17.6 Å². The highest BCUT2D eigenvalue weighted by Gasteiger charge is 2.51. The van der Waals surface area contributed by atoms with Gasteiger partial charge in [-0.15, -0.1) is 0 Å². The van der Waals surface area contributed by atoms with Crippen LogP contribution in [0.25, 0.3) is 0 Å². The minimum absolute atomic E-state index is 0.158.